The quantitative estimate of drug-likeness (QED) is 0.630. The largest absolute Gasteiger partial charge is 0.468 e. The van der Waals surface area contributed by atoms with Gasteiger partial charge in [-0.15, -0.1) is 0 Å². The summed E-state index contributed by atoms with van der Waals surface area (Å²) in [7, 11) is 1.27. The summed E-state index contributed by atoms with van der Waals surface area (Å²) in [6.07, 6.45) is 0.516. The van der Waals surface area contributed by atoms with Crippen LogP contribution >= 0.6 is 23.2 Å². The highest BCUT2D eigenvalue weighted by molar-refractivity contribution is 6.35. The number of carbonyl (C=O) groups is 3. The lowest BCUT2D eigenvalue weighted by Crippen LogP contribution is -2.44. The van der Waals surface area contributed by atoms with E-state index in [-0.39, 0.29) is 24.0 Å². The summed E-state index contributed by atoms with van der Waals surface area (Å²) in [5.41, 5.74) is 1.67. The summed E-state index contributed by atoms with van der Waals surface area (Å²) < 4.78 is 4.80. The Kier molecular flexibility index (Phi) is 4.89. The van der Waals surface area contributed by atoms with Crippen molar-refractivity contribution in [1.29, 1.82) is 0 Å². The maximum Gasteiger partial charge on any atom is 0.316 e. The third-order valence-corrected chi connectivity index (χ3v) is 5.35. The summed E-state index contributed by atoms with van der Waals surface area (Å²) in [5, 5.41) is 3.65. The van der Waals surface area contributed by atoms with Crippen LogP contribution in [0.15, 0.2) is 29.5 Å². The van der Waals surface area contributed by atoms with Gasteiger partial charge in [0.05, 0.1) is 7.11 Å². The predicted molar refractivity (Wildman–Crippen MR) is 93.3 cm³/mol. The van der Waals surface area contributed by atoms with Crippen LogP contribution in [0.1, 0.15) is 31.2 Å². The number of hydrogen-bond donors (Lipinski definition) is 1. The maximum atomic E-state index is 13.1. The molecule has 0 saturated heterocycles. The Balaban J connectivity index is 2.10. The molecule has 3 rings (SSSR count). The second kappa shape index (κ2) is 6.81. The van der Waals surface area contributed by atoms with Crippen molar-refractivity contribution in [3.8, 4) is 0 Å². The fraction of sp³-hybridized carbons (Fsp3) is 0.389. The van der Waals surface area contributed by atoms with Gasteiger partial charge in [-0.25, -0.2) is 0 Å². The van der Waals surface area contributed by atoms with Crippen LogP contribution in [0.3, 0.4) is 0 Å². The number of rotatable bonds is 2. The molecule has 2 aliphatic rings. The topological polar surface area (TPSA) is 72.5 Å². The average molecular weight is 382 g/mol. The maximum absolute atomic E-state index is 13.1. The molecule has 0 saturated carbocycles. The van der Waals surface area contributed by atoms with Crippen LogP contribution < -0.4 is 5.32 Å². The van der Waals surface area contributed by atoms with Gasteiger partial charge in [0.2, 0.25) is 5.91 Å². The van der Waals surface area contributed by atoms with Gasteiger partial charge in [-0.3, -0.25) is 14.4 Å². The monoisotopic (exact) mass is 381 g/mol. The number of allylic oxidation sites excluding steroid dienone is 2. The van der Waals surface area contributed by atoms with E-state index in [1.54, 1.807) is 25.1 Å². The van der Waals surface area contributed by atoms with E-state index >= 15 is 0 Å². The fourth-order valence-electron chi connectivity index (χ4n) is 3.65. The molecule has 25 heavy (non-hydrogen) atoms. The normalized spacial score (nSPS) is 26.2. The first-order valence-corrected chi connectivity index (χ1v) is 8.69. The summed E-state index contributed by atoms with van der Waals surface area (Å²) in [5.74, 6) is -2.66. The second-order valence-corrected chi connectivity index (χ2v) is 7.25. The zero-order valence-corrected chi connectivity index (χ0v) is 15.3. The molecule has 0 bridgehead atoms. The standard InChI is InChI=1S/C18H17Cl2NO4/c1-8-5-13-16(17(23)15(8)18(24)25-2)11(7-14(22)21-13)10-4-3-9(19)6-12(10)20/h3-4,6,8,11,15H,5,7H2,1-2H3,(H,21,22)/t8-,11+,15+/m0/s1. The number of esters is 1. The van der Waals surface area contributed by atoms with Crippen molar-refractivity contribution in [1.82, 2.24) is 5.32 Å². The van der Waals surface area contributed by atoms with Crippen LogP contribution in [-0.4, -0.2) is 24.8 Å². The number of methoxy groups -OCH3 is 1. The van der Waals surface area contributed by atoms with Gasteiger partial charge in [0.15, 0.2) is 5.78 Å². The molecule has 1 heterocycles. The third-order valence-electron chi connectivity index (χ3n) is 4.79. The zero-order chi connectivity index (χ0) is 18.3. The van der Waals surface area contributed by atoms with Crippen molar-refractivity contribution in [2.75, 3.05) is 7.11 Å². The highest BCUT2D eigenvalue weighted by atomic mass is 35.5. The smallest absolute Gasteiger partial charge is 0.316 e. The van der Waals surface area contributed by atoms with Gasteiger partial charge in [-0.2, -0.15) is 0 Å². The first kappa shape index (κ1) is 18.0. The minimum absolute atomic E-state index is 0.0915. The molecule has 0 fully saturated rings. The van der Waals surface area contributed by atoms with Crippen LogP contribution in [0.5, 0.6) is 0 Å². The van der Waals surface area contributed by atoms with Crippen LogP contribution in [0.4, 0.5) is 0 Å². The number of halogens is 2. The molecule has 1 aliphatic carbocycles. The second-order valence-electron chi connectivity index (χ2n) is 6.41. The van der Waals surface area contributed by atoms with Crippen molar-refractivity contribution in [3.05, 3.63) is 45.1 Å². The number of carbonyl (C=O) groups excluding carboxylic acids is 3. The van der Waals surface area contributed by atoms with Crippen LogP contribution in [0.2, 0.25) is 10.0 Å². The van der Waals surface area contributed by atoms with Crippen LogP contribution in [0.25, 0.3) is 0 Å². The Morgan fingerprint density at radius 2 is 1.96 bits per heavy atom. The van der Waals surface area contributed by atoms with Crippen molar-refractivity contribution in [2.45, 2.75) is 25.7 Å². The van der Waals surface area contributed by atoms with Crippen molar-refractivity contribution in [2.24, 2.45) is 11.8 Å². The Labute approximate surface area is 155 Å². The Bertz CT molecular complexity index is 802. The van der Waals surface area contributed by atoms with Gasteiger partial charge in [0.25, 0.3) is 0 Å². The first-order valence-electron chi connectivity index (χ1n) is 7.93. The van der Waals surface area contributed by atoms with Gasteiger partial charge in [0, 0.05) is 33.7 Å². The molecule has 1 aliphatic heterocycles. The summed E-state index contributed by atoms with van der Waals surface area (Å²) in [6, 6.07) is 4.97. The Morgan fingerprint density at radius 3 is 2.60 bits per heavy atom. The van der Waals surface area contributed by atoms with Crippen LogP contribution in [-0.2, 0) is 19.1 Å². The zero-order valence-electron chi connectivity index (χ0n) is 13.8. The van der Waals surface area contributed by atoms with Crippen molar-refractivity contribution in [3.63, 3.8) is 0 Å². The summed E-state index contributed by atoms with van der Waals surface area (Å²) in [6.45, 7) is 1.80. The SMILES string of the molecule is COC(=O)[C@H]1C(=O)C2=C(C[C@@H]1C)NC(=O)C[C@@H]2c1ccc(Cl)cc1Cl. The Morgan fingerprint density at radius 1 is 1.24 bits per heavy atom. The van der Waals surface area contributed by atoms with Gasteiger partial charge < -0.3 is 10.1 Å². The van der Waals surface area contributed by atoms with E-state index in [0.717, 1.165) is 0 Å². The van der Waals surface area contributed by atoms with Crippen molar-refractivity contribution >= 4 is 40.9 Å². The fourth-order valence-corrected chi connectivity index (χ4v) is 4.19. The first-order chi connectivity index (χ1) is 11.8. The third kappa shape index (κ3) is 3.18. The lowest BCUT2D eigenvalue weighted by Gasteiger charge is -2.36. The molecule has 0 aromatic heterocycles. The molecular formula is C18H17Cl2NO4. The lowest BCUT2D eigenvalue weighted by atomic mass is 9.70. The van der Waals surface area contributed by atoms with E-state index < -0.39 is 17.8 Å². The molecular weight excluding hydrogens is 365 g/mol. The molecule has 1 N–H and O–H groups in total. The minimum Gasteiger partial charge on any atom is -0.468 e. The van der Waals surface area contributed by atoms with Gasteiger partial charge >= 0.3 is 5.97 Å². The molecule has 1 aromatic rings. The number of ketones is 1. The molecule has 7 heteroatoms. The molecule has 0 unspecified atom stereocenters. The number of ether oxygens (including phenoxy) is 1. The molecule has 5 nitrogen and oxygen atoms in total. The number of amides is 1. The van der Waals surface area contributed by atoms with Crippen LogP contribution in [0, 0.1) is 11.8 Å². The van der Waals surface area contributed by atoms with Crippen molar-refractivity contribution < 1.29 is 19.1 Å². The molecule has 132 valence electrons. The number of benzene rings is 1. The van der Waals surface area contributed by atoms with Gasteiger partial charge in [0.1, 0.15) is 5.92 Å². The van der Waals surface area contributed by atoms with E-state index in [4.69, 9.17) is 27.9 Å². The van der Waals surface area contributed by atoms with E-state index in [1.807, 2.05) is 0 Å². The lowest BCUT2D eigenvalue weighted by molar-refractivity contribution is -0.151. The molecule has 3 atom stereocenters. The molecule has 1 aromatic carbocycles. The number of nitrogens with one attached hydrogen (secondary N) is 1. The number of Topliss-reactive ketones (excluding diaryl/α,β-unsaturated/α-hetero) is 1. The van der Waals surface area contributed by atoms with E-state index in [1.165, 1.54) is 7.11 Å². The molecule has 1 amide bonds. The Hall–Kier alpha value is -1.85. The van der Waals surface area contributed by atoms with Gasteiger partial charge in [-0.05, 0) is 30.0 Å². The minimum atomic E-state index is -0.868. The van der Waals surface area contributed by atoms with Gasteiger partial charge in [-0.1, -0.05) is 36.2 Å². The average Bonchev–Trinajstić information content (AvgIpc) is 2.53. The predicted octanol–water partition coefficient (Wildman–Crippen LogP) is 3.25. The highest BCUT2D eigenvalue weighted by Gasteiger charge is 2.45. The molecule has 0 radical (unpaired) electrons. The van der Waals surface area contributed by atoms with E-state index in [9.17, 15) is 14.4 Å². The van der Waals surface area contributed by atoms with E-state index in [2.05, 4.69) is 5.32 Å². The summed E-state index contributed by atoms with van der Waals surface area (Å²) >= 11 is 12.3. The van der Waals surface area contributed by atoms with E-state index in [0.29, 0.717) is 33.3 Å². The summed E-state index contributed by atoms with van der Waals surface area (Å²) in [4.78, 5) is 37.3. The number of hydrogen-bond acceptors (Lipinski definition) is 4. The molecule has 0 spiro atoms. The highest BCUT2D eigenvalue weighted by Crippen LogP contribution is 2.44.